The minimum atomic E-state index is 0.404. The standard InChI is InChI=1S/C12H17N3S/c1-4-6-14-9(3)15-12(13)10-7-11(5-2)16-8-10/h4,6-8H,5H2,1-3H3,(H2,13,14,15)/b6-4-. The van der Waals surface area contributed by atoms with Crippen LogP contribution in [-0.2, 0) is 6.42 Å². The van der Waals surface area contributed by atoms with Crippen molar-refractivity contribution in [3.8, 4) is 0 Å². The number of allylic oxidation sites excluding steroid dienone is 1. The molecule has 0 aliphatic carbocycles. The van der Waals surface area contributed by atoms with Crippen LogP contribution in [0.1, 0.15) is 31.2 Å². The molecular weight excluding hydrogens is 218 g/mol. The molecule has 1 rings (SSSR count). The summed E-state index contributed by atoms with van der Waals surface area (Å²) >= 11 is 1.69. The number of rotatable bonds is 3. The Labute approximate surface area is 100 Å². The third kappa shape index (κ3) is 3.62. The number of nitrogens with one attached hydrogen (secondary N) is 2. The monoisotopic (exact) mass is 235 g/mol. The predicted octanol–water partition coefficient (Wildman–Crippen LogP) is 3.18. The Kier molecular flexibility index (Phi) is 4.92. The molecule has 3 nitrogen and oxygen atoms in total. The van der Waals surface area contributed by atoms with E-state index in [0.717, 1.165) is 17.8 Å². The van der Waals surface area contributed by atoms with E-state index in [4.69, 9.17) is 5.41 Å². The van der Waals surface area contributed by atoms with Crippen molar-refractivity contribution in [2.45, 2.75) is 27.2 Å². The average molecular weight is 235 g/mol. The van der Waals surface area contributed by atoms with Crippen LogP contribution in [0.4, 0.5) is 0 Å². The van der Waals surface area contributed by atoms with E-state index in [-0.39, 0.29) is 0 Å². The zero-order valence-electron chi connectivity index (χ0n) is 9.87. The van der Waals surface area contributed by atoms with Crippen LogP contribution in [0.5, 0.6) is 0 Å². The first-order chi connectivity index (χ1) is 7.67. The Hall–Kier alpha value is -1.42. The molecule has 0 aliphatic heterocycles. The van der Waals surface area contributed by atoms with E-state index < -0.39 is 0 Å². The molecule has 86 valence electrons. The summed E-state index contributed by atoms with van der Waals surface area (Å²) in [5.41, 5.74) is 0.928. The van der Waals surface area contributed by atoms with Crippen LogP contribution in [0.25, 0.3) is 0 Å². The Morgan fingerprint density at radius 1 is 1.62 bits per heavy atom. The SMILES string of the molecule is C/C=C\N=C(/C)NC(=N)c1csc(CC)c1. The van der Waals surface area contributed by atoms with Crippen LogP contribution in [0, 0.1) is 5.41 Å². The molecule has 0 amide bonds. The molecule has 0 radical (unpaired) electrons. The second-order valence-corrected chi connectivity index (χ2v) is 4.35. The van der Waals surface area contributed by atoms with Crippen LogP contribution < -0.4 is 5.32 Å². The molecule has 4 heteroatoms. The fraction of sp³-hybridized carbons (Fsp3) is 0.333. The summed E-state index contributed by atoms with van der Waals surface area (Å²) in [6.45, 7) is 5.88. The molecule has 0 unspecified atom stereocenters. The highest BCUT2D eigenvalue weighted by molar-refractivity contribution is 7.10. The Bertz CT molecular complexity index is 416. The van der Waals surface area contributed by atoms with Crippen LogP contribution in [0.2, 0.25) is 0 Å². The topological polar surface area (TPSA) is 48.2 Å². The summed E-state index contributed by atoms with van der Waals surface area (Å²) in [4.78, 5) is 5.42. The largest absolute Gasteiger partial charge is 0.329 e. The van der Waals surface area contributed by atoms with Crippen molar-refractivity contribution in [1.82, 2.24) is 5.32 Å². The van der Waals surface area contributed by atoms with E-state index >= 15 is 0 Å². The summed E-state index contributed by atoms with van der Waals surface area (Å²) in [6.07, 6.45) is 4.58. The summed E-state index contributed by atoms with van der Waals surface area (Å²) in [6, 6.07) is 2.04. The van der Waals surface area contributed by atoms with Crippen LogP contribution in [0.15, 0.2) is 28.7 Å². The molecule has 0 spiro atoms. The second kappa shape index (κ2) is 6.23. The van der Waals surface area contributed by atoms with Gasteiger partial charge in [-0.1, -0.05) is 13.0 Å². The summed E-state index contributed by atoms with van der Waals surface area (Å²) < 4.78 is 0. The van der Waals surface area contributed by atoms with E-state index in [1.807, 2.05) is 31.4 Å². The van der Waals surface area contributed by atoms with Crippen molar-refractivity contribution in [2.24, 2.45) is 4.99 Å². The van der Waals surface area contributed by atoms with Crippen LogP contribution >= 0.6 is 11.3 Å². The van der Waals surface area contributed by atoms with E-state index in [1.54, 1.807) is 17.5 Å². The van der Waals surface area contributed by atoms with Crippen molar-refractivity contribution in [3.63, 3.8) is 0 Å². The smallest absolute Gasteiger partial charge is 0.131 e. The highest BCUT2D eigenvalue weighted by atomic mass is 32.1. The Morgan fingerprint density at radius 2 is 2.38 bits per heavy atom. The van der Waals surface area contributed by atoms with Gasteiger partial charge in [-0.25, -0.2) is 4.99 Å². The molecule has 0 fully saturated rings. The quantitative estimate of drug-likeness (QED) is 0.613. The van der Waals surface area contributed by atoms with E-state index in [2.05, 4.69) is 17.2 Å². The van der Waals surface area contributed by atoms with Gasteiger partial charge in [-0.3, -0.25) is 5.41 Å². The zero-order valence-corrected chi connectivity index (χ0v) is 10.7. The Balaban J connectivity index is 2.65. The zero-order chi connectivity index (χ0) is 12.0. The van der Waals surface area contributed by atoms with Crippen molar-refractivity contribution < 1.29 is 0 Å². The minimum Gasteiger partial charge on any atom is -0.329 e. The van der Waals surface area contributed by atoms with E-state index in [9.17, 15) is 0 Å². The molecule has 0 bridgehead atoms. The number of hydrogen-bond acceptors (Lipinski definition) is 3. The van der Waals surface area contributed by atoms with Gasteiger partial charge < -0.3 is 5.32 Å². The van der Waals surface area contributed by atoms with Crippen molar-refractivity contribution in [3.05, 3.63) is 34.2 Å². The van der Waals surface area contributed by atoms with Crippen molar-refractivity contribution in [2.75, 3.05) is 0 Å². The van der Waals surface area contributed by atoms with Gasteiger partial charge >= 0.3 is 0 Å². The fourth-order valence-corrected chi connectivity index (χ4v) is 1.99. The van der Waals surface area contributed by atoms with Crippen molar-refractivity contribution in [1.29, 1.82) is 5.41 Å². The number of hydrogen-bond donors (Lipinski definition) is 2. The maximum atomic E-state index is 7.87. The van der Waals surface area contributed by atoms with E-state index in [1.165, 1.54) is 4.88 Å². The first kappa shape index (κ1) is 12.6. The minimum absolute atomic E-state index is 0.404. The lowest BCUT2D eigenvalue weighted by molar-refractivity contribution is 1.18. The predicted molar refractivity (Wildman–Crippen MR) is 71.6 cm³/mol. The second-order valence-electron chi connectivity index (χ2n) is 3.35. The molecule has 1 aromatic heterocycles. The first-order valence-electron chi connectivity index (χ1n) is 5.26. The maximum Gasteiger partial charge on any atom is 0.131 e. The molecule has 0 saturated heterocycles. The molecule has 0 aliphatic rings. The lowest BCUT2D eigenvalue weighted by Gasteiger charge is -2.04. The van der Waals surface area contributed by atoms with Gasteiger partial charge in [0.1, 0.15) is 11.7 Å². The third-order valence-corrected chi connectivity index (χ3v) is 3.10. The molecule has 0 aromatic carbocycles. The summed E-state index contributed by atoms with van der Waals surface area (Å²) in [5, 5.41) is 12.8. The number of thiophene rings is 1. The molecule has 0 atom stereocenters. The van der Waals surface area contributed by atoms with Gasteiger partial charge in [0.05, 0.1) is 0 Å². The van der Waals surface area contributed by atoms with Gasteiger partial charge in [-0.2, -0.15) is 0 Å². The van der Waals surface area contributed by atoms with Gasteiger partial charge in [0, 0.05) is 22.0 Å². The van der Waals surface area contributed by atoms with Gasteiger partial charge in [0.2, 0.25) is 0 Å². The summed E-state index contributed by atoms with van der Waals surface area (Å²) in [7, 11) is 0. The molecule has 16 heavy (non-hydrogen) atoms. The van der Waals surface area contributed by atoms with Gasteiger partial charge in [-0.05, 0) is 26.3 Å². The summed E-state index contributed by atoms with van der Waals surface area (Å²) in [5.74, 6) is 1.13. The van der Waals surface area contributed by atoms with Crippen LogP contribution in [-0.4, -0.2) is 11.7 Å². The molecule has 1 heterocycles. The fourth-order valence-electron chi connectivity index (χ4n) is 1.17. The third-order valence-electron chi connectivity index (χ3n) is 2.01. The number of aliphatic imine (C=N–C) groups is 1. The average Bonchev–Trinajstić information content (AvgIpc) is 2.74. The molecule has 0 saturated carbocycles. The van der Waals surface area contributed by atoms with Crippen molar-refractivity contribution >= 4 is 23.0 Å². The van der Waals surface area contributed by atoms with Crippen LogP contribution in [0.3, 0.4) is 0 Å². The van der Waals surface area contributed by atoms with E-state index in [0.29, 0.717) is 5.84 Å². The molecular formula is C12H17N3S. The molecule has 1 aromatic rings. The Morgan fingerprint density at radius 3 is 2.94 bits per heavy atom. The lowest BCUT2D eigenvalue weighted by Crippen LogP contribution is -2.27. The number of amidine groups is 2. The maximum absolute atomic E-state index is 7.87. The van der Waals surface area contributed by atoms with Gasteiger partial charge in [0.25, 0.3) is 0 Å². The normalized spacial score (nSPS) is 12.1. The number of aryl methyl sites for hydroxylation is 1. The first-order valence-corrected chi connectivity index (χ1v) is 6.14. The highest BCUT2D eigenvalue weighted by Crippen LogP contribution is 2.14. The van der Waals surface area contributed by atoms with Gasteiger partial charge in [0.15, 0.2) is 0 Å². The lowest BCUT2D eigenvalue weighted by atomic mass is 10.2. The van der Waals surface area contributed by atoms with Gasteiger partial charge in [-0.15, -0.1) is 11.3 Å². The highest BCUT2D eigenvalue weighted by Gasteiger charge is 2.04. The molecule has 2 N–H and O–H groups in total. The number of nitrogens with zero attached hydrogens (tertiary/aromatic N) is 1.